The van der Waals surface area contributed by atoms with Crippen LogP contribution in [0.5, 0.6) is 5.75 Å². The molecule has 8 heteroatoms. The van der Waals surface area contributed by atoms with Crippen molar-refractivity contribution in [2.24, 2.45) is 0 Å². The Balaban J connectivity index is 1.76. The first-order chi connectivity index (χ1) is 12.5. The molecule has 2 rings (SSSR count). The number of rotatable bonds is 9. The van der Waals surface area contributed by atoms with Crippen LogP contribution >= 0.6 is 22.9 Å². The van der Waals surface area contributed by atoms with Gasteiger partial charge in [0.1, 0.15) is 5.75 Å². The van der Waals surface area contributed by atoms with E-state index < -0.39 is 0 Å². The molecular formula is C18H19ClN2O4S. The molecule has 6 nitrogen and oxygen atoms in total. The van der Waals surface area contributed by atoms with Gasteiger partial charge < -0.3 is 15.4 Å². The van der Waals surface area contributed by atoms with Crippen LogP contribution in [0.15, 0.2) is 36.4 Å². The highest BCUT2D eigenvalue weighted by molar-refractivity contribution is 7.18. The molecule has 2 N–H and O–H groups in total. The van der Waals surface area contributed by atoms with E-state index in [0.29, 0.717) is 27.2 Å². The van der Waals surface area contributed by atoms with Gasteiger partial charge in [-0.1, -0.05) is 11.6 Å². The fourth-order valence-corrected chi connectivity index (χ4v) is 3.08. The van der Waals surface area contributed by atoms with Crippen LogP contribution in [0.4, 0.5) is 5.69 Å². The van der Waals surface area contributed by atoms with E-state index >= 15 is 0 Å². The van der Waals surface area contributed by atoms with Gasteiger partial charge in [-0.05, 0) is 43.3 Å². The van der Waals surface area contributed by atoms with E-state index in [1.54, 1.807) is 36.4 Å². The maximum Gasteiger partial charge on any atom is 0.257 e. The summed E-state index contributed by atoms with van der Waals surface area (Å²) in [5.41, 5.74) is 0.590. The molecule has 0 unspecified atom stereocenters. The van der Waals surface area contributed by atoms with E-state index in [1.807, 2.05) is 6.92 Å². The molecule has 0 fully saturated rings. The molecule has 0 bridgehead atoms. The number of benzene rings is 1. The minimum atomic E-state index is -0.253. The molecule has 1 aromatic carbocycles. The van der Waals surface area contributed by atoms with Crippen molar-refractivity contribution < 1.29 is 19.1 Å². The number of hydrogen-bond donors (Lipinski definition) is 2. The number of hydrogen-bond acceptors (Lipinski definition) is 5. The topological polar surface area (TPSA) is 84.5 Å². The molecule has 2 aromatic rings. The van der Waals surface area contributed by atoms with E-state index in [-0.39, 0.29) is 37.0 Å². The molecule has 0 atom stereocenters. The summed E-state index contributed by atoms with van der Waals surface area (Å²) in [5, 5.41) is 5.35. The van der Waals surface area contributed by atoms with Crippen LogP contribution in [-0.2, 0) is 9.59 Å². The number of thiophene rings is 1. The standard InChI is InChI=1S/C18H19ClN2O4S/c1-2-20-18(24)11-25-13-5-3-12(4-6-13)21-17(23)10-7-14(22)15-8-9-16(19)26-15/h3-6,8-9H,2,7,10-11H2,1H3,(H,20,24)(H,21,23). The molecular weight excluding hydrogens is 376 g/mol. The van der Waals surface area contributed by atoms with E-state index in [2.05, 4.69) is 10.6 Å². The molecule has 26 heavy (non-hydrogen) atoms. The van der Waals surface area contributed by atoms with Crippen molar-refractivity contribution >= 4 is 46.2 Å². The smallest absolute Gasteiger partial charge is 0.257 e. The number of nitrogens with one attached hydrogen (secondary N) is 2. The van der Waals surface area contributed by atoms with E-state index in [0.717, 1.165) is 0 Å². The number of Topliss-reactive ketones (excluding diaryl/α,β-unsaturated/α-hetero) is 1. The van der Waals surface area contributed by atoms with Gasteiger partial charge in [-0.25, -0.2) is 0 Å². The monoisotopic (exact) mass is 394 g/mol. The number of amides is 2. The van der Waals surface area contributed by atoms with Gasteiger partial charge in [0.25, 0.3) is 5.91 Å². The number of likely N-dealkylation sites (N-methyl/N-ethyl adjacent to an activating group) is 1. The zero-order valence-corrected chi connectivity index (χ0v) is 15.8. The van der Waals surface area contributed by atoms with Gasteiger partial charge in [0.05, 0.1) is 9.21 Å². The second-order valence-electron chi connectivity index (χ2n) is 5.34. The van der Waals surface area contributed by atoms with Crippen molar-refractivity contribution in [2.75, 3.05) is 18.5 Å². The predicted octanol–water partition coefficient (Wildman–Crippen LogP) is 3.52. The number of halogens is 1. The van der Waals surface area contributed by atoms with Gasteiger partial charge in [-0.3, -0.25) is 14.4 Å². The third-order valence-electron chi connectivity index (χ3n) is 3.31. The molecule has 0 radical (unpaired) electrons. The average Bonchev–Trinajstić information content (AvgIpc) is 3.06. The van der Waals surface area contributed by atoms with Crippen molar-refractivity contribution in [1.82, 2.24) is 5.32 Å². The second-order valence-corrected chi connectivity index (χ2v) is 7.06. The van der Waals surface area contributed by atoms with Crippen molar-refractivity contribution in [3.05, 3.63) is 45.6 Å². The predicted molar refractivity (Wildman–Crippen MR) is 102 cm³/mol. The lowest BCUT2D eigenvalue weighted by Crippen LogP contribution is -2.28. The molecule has 138 valence electrons. The summed E-state index contributed by atoms with van der Waals surface area (Å²) in [6.45, 7) is 2.32. The van der Waals surface area contributed by atoms with Gasteiger partial charge in [0.15, 0.2) is 12.4 Å². The Morgan fingerprint density at radius 3 is 2.38 bits per heavy atom. The highest BCUT2D eigenvalue weighted by atomic mass is 35.5. The SMILES string of the molecule is CCNC(=O)COc1ccc(NC(=O)CCC(=O)c2ccc(Cl)s2)cc1. The fourth-order valence-electron chi connectivity index (χ4n) is 2.07. The summed E-state index contributed by atoms with van der Waals surface area (Å²) < 4.78 is 5.88. The van der Waals surface area contributed by atoms with Gasteiger partial charge in [0.2, 0.25) is 5.91 Å². The first kappa shape index (κ1) is 19.9. The van der Waals surface area contributed by atoms with Crippen LogP contribution in [0.25, 0.3) is 0 Å². The van der Waals surface area contributed by atoms with Crippen molar-refractivity contribution in [2.45, 2.75) is 19.8 Å². The maximum atomic E-state index is 12.0. The Morgan fingerprint density at radius 1 is 1.04 bits per heavy atom. The van der Waals surface area contributed by atoms with Crippen LogP contribution in [0.2, 0.25) is 4.34 Å². The van der Waals surface area contributed by atoms with Gasteiger partial charge in [-0.15, -0.1) is 11.3 Å². The largest absolute Gasteiger partial charge is 0.484 e. The maximum absolute atomic E-state index is 12.0. The average molecular weight is 395 g/mol. The van der Waals surface area contributed by atoms with Crippen molar-refractivity contribution in [1.29, 1.82) is 0 Å². The lowest BCUT2D eigenvalue weighted by atomic mass is 10.2. The third-order valence-corrected chi connectivity index (χ3v) is 4.58. The Labute approximate surface area is 160 Å². The van der Waals surface area contributed by atoms with E-state index in [1.165, 1.54) is 11.3 Å². The van der Waals surface area contributed by atoms with Crippen LogP contribution < -0.4 is 15.4 Å². The first-order valence-corrected chi connectivity index (χ1v) is 9.25. The summed E-state index contributed by atoms with van der Waals surface area (Å²) >= 11 is 7.00. The lowest BCUT2D eigenvalue weighted by molar-refractivity contribution is -0.123. The summed E-state index contributed by atoms with van der Waals surface area (Å²) in [4.78, 5) is 35.8. The summed E-state index contributed by atoms with van der Waals surface area (Å²) in [7, 11) is 0. The number of carbonyl (C=O) groups excluding carboxylic acids is 3. The van der Waals surface area contributed by atoms with Crippen LogP contribution in [0.1, 0.15) is 29.4 Å². The summed E-state index contributed by atoms with van der Waals surface area (Å²) in [6.07, 6.45) is 0.209. The number of carbonyl (C=O) groups is 3. The van der Waals surface area contributed by atoms with E-state index in [9.17, 15) is 14.4 Å². The molecule has 1 heterocycles. The quantitative estimate of drug-likeness (QED) is 0.637. The minimum Gasteiger partial charge on any atom is -0.484 e. The normalized spacial score (nSPS) is 10.2. The highest BCUT2D eigenvalue weighted by Gasteiger charge is 2.11. The molecule has 1 aromatic heterocycles. The zero-order chi connectivity index (χ0) is 18.9. The Bertz CT molecular complexity index is 774. The molecule has 0 saturated heterocycles. The third kappa shape index (κ3) is 6.50. The molecule has 0 spiro atoms. The zero-order valence-electron chi connectivity index (χ0n) is 14.2. The lowest BCUT2D eigenvalue weighted by Gasteiger charge is -2.08. The van der Waals surface area contributed by atoms with Gasteiger partial charge >= 0.3 is 0 Å². The molecule has 0 saturated carbocycles. The molecule has 2 amide bonds. The fraction of sp³-hybridized carbons (Fsp3) is 0.278. The summed E-state index contributed by atoms with van der Waals surface area (Å²) in [6, 6.07) is 9.99. The molecule has 0 aliphatic carbocycles. The number of ketones is 1. The Morgan fingerprint density at radius 2 is 1.77 bits per heavy atom. The van der Waals surface area contributed by atoms with Crippen molar-refractivity contribution in [3.63, 3.8) is 0 Å². The number of anilines is 1. The van der Waals surface area contributed by atoms with Crippen LogP contribution in [0.3, 0.4) is 0 Å². The van der Waals surface area contributed by atoms with Crippen molar-refractivity contribution in [3.8, 4) is 5.75 Å². The number of ether oxygens (including phenoxy) is 1. The van der Waals surface area contributed by atoms with E-state index in [4.69, 9.17) is 16.3 Å². The van der Waals surface area contributed by atoms with Gasteiger partial charge in [-0.2, -0.15) is 0 Å². The second kappa shape index (κ2) is 9.94. The highest BCUT2D eigenvalue weighted by Crippen LogP contribution is 2.23. The molecule has 0 aliphatic rings. The Kier molecular flexibility index (Phi) is 7.62. The minimum absolute atomic E-state index is 0.0611. The first-order valence-electron chi connectivity index (χ1n) is 8.06. The molecule has 0 aliphatic heterocycles. The van der Waals surface area contributed by atoms with Gasteiger partial charge in [0, 0.05) is 25.1 Å². The Hall–Kier alpha value is -2.38. The summed E-state index contributed by atoms with van der Waals surface area (Å²) in [5.74, 6) is -0.0243. The van der Waals surface area contributed by atoms with Crippen LogP contribution in [-0.4, -0.2) is 30.7 Å². The van der Waals surface area contributed by atoms with Crippen LogP contribution in [0, 0.1) is 0 Å².